The van der Waals surface area contributed by atoms with Crippen LogP contribution in [0.1, 0.15) is 15.9 Å². The number of nitrogens with one attached hydrogen (secondary N) is 1. The van der Waals surface area contributed by atoms with Crippen LogP contribution >= 0.6 is 31.9 Å². The van der Waals surface area contributed by atoms with Crippen LogP contribution in [0.4, 0.5) is 5.69 Å². The van der Waals surface area contributed by atoms with Crippen molar-refractivity contribution in [2.24, 2.45) is 0 Å². The second-order valence-electron chi connectivity index (χ2n) is 4.07. The number of phenolic OH excluding ortho intramolecular Hbond substituents is 1. The number of halogens is 2. The van der Waals surface area contributed by atoms with Gasteiger partial charge in [-0.1, -0.05) is 37.9 Å². The zero-order valence-corrected chi connectivity index (χ0v) is 13.2. The normalized spacial score (nSPS) is 10.3. The second-order valence-corrected chi connectivity index (χ2v) is 5.91. The van der Waals surface area contributed by atoms with Crippen molar-refractivity contribution in [2.45, 2.75) is 6.92 Å². The molecule has 1 amide bonds. The van der Waals surface area contributed by atoms with Gasteiger partial charge < -0.3 is 10.4 Å². The van der Waals surface area contributed by atoms with E-state index in [1.54, 1.807) is 12.1 Å². The quantitative estimate of drug-likeness (QED) is 0.801. The highest BCUT2D eigenvalue weighted by molar-refractivity contribution is 9.10. The van der Waals surface area contributed by atoms with Crippen molar-refractivity contribution in [1.82, 2.24) is 0 Å². The summed E-state index contributed by atoms with van der Waals surface area (Å²) in [7, 11) is 0. The van der Waals surface area contributed by atoms with E-state index in [-0.39, 0.29) is 17.2 Å². The molecule has 2 rings (SSSR count). The fraction of sp³-hybridized carbons (Fsp3) is 0.0714. The Hall–Kier alpha value is -1.33. The third-order valence-corrected chi connectivity index (χ3v) is 3.64. The van der Waals surface area contributed by atoms with Crippen LogP contribution in [0.3, 0.4) is 0 Å². The number of aromatic hydroxyl groups is 1. The summed E-state index contributed by atoms with van der Waals surface area (Å²) >= 11 is 6.60. The maximum absolute atomic E-state index is 12.1. The zero-order valence-electron chi connectivity index (χ0n) is 10.1. The van der Waals surface area contributed by atoms with Gasteiger partial charge in [0.05, 0.1) is 5.56 Å². The number of hydrogen-bond donors (Lipinski definition) is 2. The molecule has 0 aliphatic rings. The smallest absolute Gasteiger partial charge is 0.259 e. The first-order valence-corrected chi connectivity index (χ1v) is 7.12. The number of amides is 1. The van der Waals surface area contributed by atoms with Crippen LogP contribution in [0, 0.1) is 6.92 Å². The molecule has 0 saturated heterocycles. The fourth-order valence-corrected chi connectivity index (χ4v) is 2.33. The number of aryl methyl sites for hydroxylation is 1. The van der Waals surface area contributed by atoms with Gasteiger partial charge in [0.15, 0.2) is 0 Å². The summed E-state index contributed by atoms with van der Waals surface area (Å²) in [6.45, 7) is 1.91. The number of phenols is 1. The zero-order chi connectivity index (χ0) is 14.0. The highest BCUT2D eigenvalue weighted by Gasteiger charge is 2.12. The average molecular weight is 385 g/mol. The highest BCUT2D eigenvalue weighted by atomic mass is 79.9. The van der Waals surface area contributed by atoms with Crippen LogP contribution < -0.4 is 5.32 Å². The monoisotopic (exact) mass is 383 g/mol. The molecular formula is C14H11Br2NO2. The Labute approximate surface area is 127 Å². The number of anilines is 1. The predicted molar refractivity (Wildman–Crippen MR) is 82.6 cm³/mol. The largest absolute Gasteiger partial charge is 0.507 e. The maximum atomic E-state index is 12.1. The Bertz CT molecular complexity index is 641. The third kappa shape index (κ3) is 3.36. The molecule has 0 aromatic heterocycles. The molecule has 5 heteroatoms. The Morgan fingerprint density at radius 3 is 2.42 bits per heavy atom. The van der Waals surface area contributed by atoms with Gasteiger partial charge in [0, 0.05) is 14.6 Å². The summed E-state index contributed by atoms with van der Waals surface area (Å²) in [5, 5.41) is 12.5. The molecule has 0 atom stereocenters. The molecule has 0 fully saturated rings. The van der Waals surface area contributed by atoms with Crippen LogP contribution in [-0.2, 0) is 0 Å². The van der Waals surface area contributed by atoms with Crippen LogP contribution in [0.2, 0.25) is 0 Å². The van der Waals surface area contributed by atoms with Crippen molar-refractivity contribution >= 4 is 43.5 Å². The van der Waals surface area contributed by atoms with Gasteiger partial charge in [-0.05, 0) is 42.8 Å². The number of hydrogen-bond acceptors (Lipinski definition) is 2. The minimum Gasteiger partial charge on any atom is -0.507 e. The first-order chi connectivity index (χ1) is 8.97. The molecule has 2 aromatic rings. The van der Waals surface area contributed by atoms with Crippen molar-refractivity contribution in [3.05, 3.63) is 56.5 Å². The lowest BCUT2D eigenvalue weighted by Crippen LogP contribution is -2.13. The van der Waals surface area contributed by atoms with E-state index in [1.165, 1.54) is 6.07 Å². The fourth-order valence-electron chi connectivity index (χ4n) is 1.62. The molecule has 0 spiro atoms. The SMILES string of the molecule is Cc1ccc(Br)cc1NC(=O)c1ccc(Br)cc1O. The van der Waals surface area contributed by atoms with Crippen LogP contribution in [0.15, 0.2) is 45.3 Å². The van der Waals surface area contributed by atoms with E-state index in [0.717, 1.165) is 14.5 Å². The molecule has 0 unspecified atom stereocenters. The van der Waals surface area contributed by atoms with E-state index < -0.39 is 0 Å². The van der Waals surface area contributed by atoms with Gasteiger partial charge in [-0.25, -0.2) is 0 Å². The van der Waals surface area contributed by atoms with E-state index >= 15 is 0 Å². The minimum atomic E-state index is -0.341. The standard InChI is InChI=1S/C14H11Br2NO2/c1-8-2-3-9(15)6-12(8)17-14(19)11-5-4-10(16)7-13(11)18/h2-7,18H,1H3,(H,17,19). The number of rotatable bonds is 2. The predicted octanol–water partition coefficient (Wildman–Crippen LogP) is 4.48. The van der Waals surface area contributed by atoms with Crippen molar-refractivity contribution in [2.75, 3.05) is 5.32 Å². The molecule has 98 valence electrons. The van der Waals surface area contributed by atoms with Gasteiger partial charge in [0.2, 0.25) is 0 Å². The molecule has 0 radical (unpaired) electrons. The number of carbonyl (C=O) groups is 1. The van der Waals surface area contributed by atoms with Gasteiger partial charge in [0.25, 0.3) is 5.91 Å². The molecule has 0 bridgehead atoms. The summed E-state index contributed by atoms with van der Waals surface area (Å²) in [6.07, 6.45) is 0. The first-order valence-electron chi connectivity index (χ1n) is 5.53. The van der Waals surface area contributed by atoms with E-state index in [0.29, 0.717) is 5.69 Å². The highest BCUT2D eigenvalue weighted by Crippen LogP contribution is 2.25. The van der Waals surface area contributed by atoms with Crippen molar-refractivity contribution in [3.63, 3.8) is 0 Å². The molecule has 19 heavy (non-hydrogen) atoms. The molecule has 0 heterocycles. The molecule has 2 aromatic carbocycles. The van der Waals surface area contributed by atoms with E-state index in [4.69, 9.17) is 0 Å². The average Bonchev–Trinajstić information content (AvgIpc) is 2.33. The summed E-state index contributed by atoms with van der Waals surface area (Å²) < 4.78 is 1.61. The minimum absolute atomic E-state index is 0.0560. The lowest BCUT2D eigenvalue weighted by molar-refractivity contribution is 0.102. The molecule has 2 N–H and O–H groups in total. The van der Waals surface area contributed by atoms with Crippen molar-refractivity contribution in [3.8, 4) is 5.75 Å². The molecule has 0 aliphatic carbocycles. The van der Waals surface area contributed by atoms with E-state index in [9.17, 15) is 9.90 Å². The summed E-state index contributed by atoms with van der Waals surface area (Å²) in [6, 6.07) is 10.4. The van der Waals surface area contributed by atoms with Crippen molar-refractivity contribution in [1.29, 1.82) is 0 Å². The Balaban J connectivity index is 2.28. The van der Waals surface area contributed by atoms with Crippen LogP contribution in [-0.4, -0.2) is 11.0 Å². The lowest BCUT2D eigenvalue weighted by atomic mass is 10.1. The molecule has 0 saturated carbocycles. The van der Waals surface area contributed by atoms with Crippen LogP contribution in [0.25, 0.3) is 0 Å². The van der Waals surface area contributed by atoms with Gasteiger partial charge in [0.1, 0.15) is 5.75 Å². The first kappa shape index (κ1) is 14.1. The summed E-state index contributed by atoms with van der Waals surface area (Å²) in [5.74, 6) is -0.397. The van der Waals surface area contributed by atoms with Crippen molar-refractivity contribution < 1.29 is 9.90 Å². The number of benzene rings is 2. The van der Waals surface area contributed by atoms with Crippen LogP contribution in [0.5, 0.6) is 5.75 Å². The Morgan fingerprint density at radius 1 is 1.11 bits per heavy atom. The number of carbonyl (C=O) groups excluding carboxylic acids is 1. The van der Waals surface area contributed by atoms with Gasteiger partial charge in [-0.2, -0.15) is 0 Å². The molecular weight excluding hydrogens is 374 g/mol. The van der Waals surface area contributed by atoms with E-state index in [1.807, 2.05) is 25.1 Å². The summed E-state index contributed by atoms with van der Waals surface area (Å²) in [5.41, 5.74) is 1.90. The lowest BCUT2D eigenvalue weighted by Gasteiger charge is -2.10. The van der Waals surface area contributed by atoms with E-state index in [2.05, 4.69) is 37.2 Å². The van der Waals surface area contributed by atoms with Gasteiger partial charge in [-0.3, -0.25) is 4.79 Å². The Morgan fingerprint density at radius 2 is 1.74 bits per heavy atom. The third-order valence-electron chi connectivity index (χ3n) is 2.65. The Kier molecular flexibility index (Phi) is 4.27. The molecule has 0 aliphatic heterocycles. The van der Waals surface area contributed by atoms with Gasteiger partial charge in [-0.15, -0.1) is 0 Å². The molecule has 3 nitrogen and oxygen atoms in total. The summed E-state index contributed by atoms with van der Waals surface area (Å²) in [4.78, 5) is 12.1. The second kappa shape index (κ2) is 5.75. The maximum Gasteiger partial charge on any atom is 0.259 e. The van der Waals surface area contributed by atoms with Gasteiger partial charge >= 0.3 is 0 Å². The topological polar surface area (TPSA) is 49.3 Å².